The van der Waals surface area contributed by atoms with Crippen molar-refractivity contribution in [1.82, 2.24) is 5.32 Å². The maximum Gasteiger partial charge on any atom is 0.407 e. The predicted molar refractivity (Wildman–Crippen MR) is 73.9 cm³/mol. The van der Waals surface area contributed by atoms with Crippen LogP contribution < -0.4 is 5.32 Å². The molecule has 19 heavy (non-hydrogen) atoms. The van der Waals surface area contributed by atoms with Gasteiger partial charge in [-0.25, -0.2) is 9.59 Å². The van der Waals surface area contributed by atoms with Crippen molar-refractivity contribution in [3.05, 3.63) is 12.7 Å². The molecule has 5 nitrogen and oxygen atoms in total. The van der Waals surface area contributed by atoms with Crippen LogP contribution in [0, 0.1) is 0 Å². The number of carbonyl (C=O) groups is 2. The van der Waals surface area contributed by atoms with Crippen LogP contribution in [0.1, 0.15) is 46.0 Å². The summed E-state index contributed by atoms with van der Waals surface area (Å²) in [5.74, 6) is -0.521. The van der Waals surface area contributed by atoms with Gasteiger partial charge in [-0.15, -0.1) is 0 Å². The van der Waals surface area contributed by atoms with E-state index < -0.39 is 18.2 Å². The van der Waals surface area contributed by atoms with Gasteiger partial charge in [0.1, 0.15) is 12.7 Å². The second-order valence-corrected chi connectivity index (χ2v) is 4.39. The Morgan fingerprint density at radius 2 is 1.95 bits per heavy atom. The maximum atomic E-state index is 11.4. The lowest BCUT2D eigenvalue weighted by atomic mass is 10.1. The largest absolute Gasteiger partial charge is 0.459 e. The van der Waals surface area contributed by atoms with Crippen molar-refractivity contribution in [1.29, 1.82) is 0 Å². The minimum Gasteiger partial charge on any atom is -0.459 e. The lowest BCUT2D eigenvalue weighted by Crippen LogP contribution is -2.30. The molecule has 1 N–H and O–H groups in total. The predicted octanol–water partition coefficient (Wildman–Crippen LogP) is 2.80. The van der Waals surface area contributed by atoms with Crippen LogP contribution in [-0.2, 0) is 14.3 Å². The highest BCUT2D eigenvalue weighted by Crippen LogP contribution is 2.01. The van der Waals surface area contributed by atoms with E-state index in [-0.39, 0.29) is 6.61 Å². The molecule has 0 spiro atoms. The summed E-state index contributed by atoms with van der Waals surface area (Å²) in [6, 6.07) is 0. The number of alkyl carbamates (subject to hydrolysis) is 1. The van der Waals surface area contributed by atoms with Gasteiger partial charge in [-0.05, 0) is 13.3 Å². The third-order valence-electron chi connectivity index (χ3n) is 2.48. The Labute approximate surface area is 115 Å². The van der Waals surface area contributed by atoms with Gasteiger partial charge in [0.25, 0.3) is 0 Å². The summed E-state index contributed by atoms with van der Waals surface area (Å²) >= 11 is 0. The third kappa shape index (κ3) is 11.3. The summed E-state index contributed by atoms with van der Waals surface area (Å²) < 4.78 is 9.77. The first-order valence-electron chi connectivity index (χ1n) is 6.83. The summed E-state index contributed by atoms with van der Waals surface area (Å²) in [5.41, 5.74) is 0. The molecular weight excluding hydrogens is 246 g/mol. The Kier molecular flexibility index (Phi) is 10.6. The van der Waals surface area contributed by atoms with E-state index in [1.807, 2.05) is 0 Å². The van der Waals surface area contributed by atoms with E-state index in [0.717, 1.165) is 18.9 Å². The molecule has 1 unspecified atom stereocenters. The Bertz CT molecular complexity index is 279. The van der Waals surface area contributed by atoms with Crippen LogP contribution in [0.25, 0.3) is 0 Å². The van der Waals surface area contributed by atoms with Crippen LogP contribution in [0.15, 0.2) is 12.7 Å². The molecule has 0 aliphatic carbocycles. The highest BCUT2D eigenvalue weighted by atomic mass is 16.6. The molecule has 1 atom stereocenters. The number of carbonyl (C=O) groups excluding carboxylic acids is 2. The summed E-state index contributed by atoms with van der Waals surface area (Å²) in [7, 11) is 0. The highest BCUT2D eigenvalue weighted by Gasteiger charge is 2.10. The van der Waals surface area contributed by atoms with E-state index in [1.54, 1.807) is 6.92 Å². The molecule has 0 aromatic heterocycles. The van der Waals surface area contributed by atoms with Gasteiger partial charge in [0, 0.05) is 12.6 Å². The molecular formula is C14H25NO4. The van der Waals surface area contributed by atoms with Gasteiger partial charge in [0.05, 0.1) is 0 Å². The fourth-order valence-corrected chi connectivity index (χ4v) is 1.44. The molecule has 5 heteroatoms. The van der Waals surface area contributed by atoms with Crippen LogP contribution in [0.3, 0.4) is 0 Å². The third-order valence-corrected chi connectivity index (χ3v) is 2.48. The van der Waals surface area contributed by atoms with Crippen molar-refractivity contribution in [3.63, 3.8) is 0 Å². The zero-order chi connectivity index (χ0) is 14.5. The molecule has 110 valence electrons. The monoisotopic (exact) mass is 271 g/mol. The van der Waals surface area contributed by atoms with Gasteiger partial charge in [-0.3, -0.25) is 0 Å². The number of hydrogen-bond donors (Lipinski definition) is 1. The molecule has 0 rings (SSSR count). The minimum atomic E-state index is -0.521. The molecule has 0 saturated carbocycles. The SMILES string of the molecule is C=CC(=O)OCC(C)OC(=O)NCCCCCCC. The summed E-state index contributed by atoms with van der Waals surface area (Å²) in [5, 5.41) is 2.67. The van der Waals surface area contributed by atoms with Crippen molar-refractivity contribution in [2.75, 3.05) is 13.2 Å². The molecule has 0 heterocycles. The van der Waals surface area contributed by atoms with Crippen LogP contribution in [-0.4, -0.2) is 31.3 Å². The maximum absolute atomic E-state index is 11.4. The standard InChI is InChI=1S/C14H25NO4/c1-4-6-7-8-9-10-15-14(17)19-12(3)11-18-13(16)5-2/h5,12H,2,4,6-11H2,1,3H3,(H,15,17). The van der Waals surface area contributed by atoms with E-state index in [2.05, 4.69) is 18.8 Å². The Hall–Kier alpha value is -1.52. The molecule has 0 aromatic carbocycles. The summed E-state index contributed by atoms with van der Waals surface area (Å²) in [6.07, 6.45) is 5.83. The van der Waals surface area contributed by atoms with E-state index in [4.69, 9.17) is 9.47 Å². The molecule has 0 aliphatic heterocycles. The first-order chi connectivity index (χ1) is 9.10. The number of esters is 1. The van der Waals surface area contributed by atoms with E-state index >= 15 is 0 Å². The average Bonchev–Trinajstić information content (AvgIpc) is 2.39. The van der Waals surface area contributed by atoms with Gasteiger partial charge in [-0.2, -0.15) is 0 Å². The highest BCUT2D eigenvalue weighted by molar-refractivity contribution is 5.81. The van der Waals surface area contributed by atoms with Crippen LogP contribution in [0.5, 0.6) is 0 Å². The van der Waals surface area contributed by atoms with Crippen molar-refractivity contribution in [2.24, 2.45) is 0 Å². The molecule has 0 fully saturated rings. The molecule has 0 radical (unpaired) electrons. The Morgan fingerprint density at radius 3 is 2.58 bits per heavy atom. The quantitative estimate of drug-likeness (QED) is 0.377. The van der Waals surface area contributed by atoms with Gasteiger partial charge in [0.2, 0.25) is 0 Å². The van der Waals surface area contributed by atoms with Gasteiger partial charge in [-0.1, -0.05) is 39.2 Å². The lowest BCUT2D eigenvalue weighted by Gasteiger charge is -2.13. The zero-order valence-corrected chi connectivity index (χ0v) is 11.9. The van der Waals surface area contributed by atoms with Crippen molar-refractivity contribution in [3.8, 4) is 0 Å². The number of amides is 1. The van der Waals surface area contributed by atoms with Crippen molar-refractivity contribution < 1.29 is 19.1 Å². The lowest BCUT2D eigenvalue weighted by molar-refractivity contribution is -0.140. The number of unbranched alkanes of at least 4 members (excludes halogenated alkanes) is 4. The smallest absolute Gasteiger partial charge is 0.407 e. The van der Waals surface area contributed by atoms with Crippen molar-refractivity contribution >= 4 is 12.1 Å². The summed E-state index contributed by atoms with van der Waals surface area (Å²) in [4.78, 5) is 22.2. The average molecular weight is 271 g/mol. The van der Waals surface area contributed by atoms with E-state index in [0.29, 0.717) is 6.54 Å². The van der Waals surface area contributed by atoms with Gasteiger partial charge >= 0.3 is 12.1 Å². The Morgan fingerprint density at radius 1 is 1.26 bits per heavy atom. The number of hydrogen-bond acceptors (Lipinski definition) is 4. The second kappa shape index (κ2) is 11.6. The number of ether oxygens (including phenoxy) is 2. The van der Waals surface area contributed by atoms with Crippen LogP contribution in [0.2, 0.25) is 0 Å². The van der Waals surface area contributed by atoms with Crippen LogP contribution in [0.4, 0.5) is 4.79 Å². The zero-order valence-electron chi connectivity index (χ0n) is 11.9. The minimum absolute atomic E-state index is 0.0365. The molecule has 0 aliphatic rings. The van der Waals surface area contributed by atoms with E-state index in [1.165, 1.54) is 19.3 Å². The number of rotatable bonds is 10. The van der Waals surface area contributed by atoms with E-state index in [9.17, 15) is 9.59 Å². The van der Waals surface area contributed by atoms with Crippen LogP contribution >= 0.6 is 0 Å². The molecule has 0 saturated heterocycles. The second-order valence-electron chi connectivity index (χ2n) is 4.39. The van der Waals surface area contributed by atoms with Crippen molar-refractivity contribution in [2.45, 2.75) is 52.1 Å². The molecule has 0 aromatic rings. The molecule has 0 bridgehead atoms. The Balaban J connectivity index is 3.51. The molecule has 1 amide bonds. The fraction of sp³-hybridized carbons (Fsp3) is 0.714. The first kappa shape index (κ1) is 17.5. The summed E-state index contributed by atoms with van der Waals surface area (Å²) in [6.45, 7) is 7.75. The van der Waals surface area contributed by atoms with Gasteiger partial charge in [0.15, 0.2) is 0 Å². The normalized spacial score (nSPS) is 11.5. The topological polar surface area (TPSA) is 64.6 Å². The fourth-order valence-electron chi connectivity index (χ4n) is 1.44. The number of nitrogens with one attached hydrogen (secondary N) is 1. The first-order valence-corrected chi connectivity index (χ1v) is 6.83. The van der Waals surface area contributed by atoms with Gasteiger partial charge < -0.3 is 14.8 Å².